The lowest BCUT2D eigenvalue weighted by Gasteiger charge is -2.33. The summed E-state index contributed by atoms with van der Waals surface area (Å²) in [5, 5.41) is 4.06. The molecule has 0 spiro atoms. The number of anilines is 1. The highest BCUT2D eigenvalue weighted by molar-refractivity contribution is 7.90. The van der Waals surface area contributed by atoms with Gasteiger partial charge in [-0.3, -0.25) is 4.79 Å². The summed E-state index contributed by atoms with van der Waals surface area (Å²) < 4.78 is 94.1. The van der Waals surface area contributed by atoms with Crippen molar-refractivity contribution in [3.63, 3.8) is 0 Å². The molecule has 3 atom stereocenters. The number of alkyl halides is 3. The fraction of sp³-hybridized carbons (Fsp3) is 0.467. The summed E-state index contributed by atoms with van der Waals surface area (Å²) in [6.07, 6.45) is -1.27. The summed E-state index contributed by atoms with van der Waals surface area (Å²) in [5.41, 5.74) is 0.0945. The zero-order valence-electron chi connectivity index (χ0n) is 23.4. The van der Waals surface area contributed by atoms with Crippen molar-refractivity contribution in [2.45, 2.75) is 69.9 Å². The summed E-state index contributed by atoms with van der Waals surface area (Å²) in [5.74, 6) is -0.954. The van der Waals surface area contributed by atoms with Crippen molar-refractivity contribution >= 4 is 21.6 Å². The van der Waals surface area contributed by atoms with Crippen LogP contribution in [0.3, 0.4) is 0 Å². The van der Waals surface area contributed by atoms with E-state index in [9.17, 15) is 26.4 Å². The standard InChI is InChI=1S/C30H31F4N3O5S/c1-2-11-43(39,40)36-29(38)18-9-10-25(24(31)13-18)37-15-19-12-20(37)14-26(19)41-16-22-27(35-42-28(22)17-7-8-17)21-5-3-4-6-23(21)30(32,33)34/h3-6,9-10,13,17,19-20,26H,2,7-8,11-12,14-16H2,1H3,(H,36,38)/t19-,20-,26+/m0/s1. The van der Waals surface area contributed by atoms with E-state index in [0.717, 1.165) is 31.4 Å². The van der Waals surface area contributed by atoms with E-state index in [1.54, 1.807) is 6.92 Å². The normalized spacial score (nSPS) is 21.9. The molecule has 1 aliphatic heterocycles. The van der Waals surface area contributed by atoms with Crippen molar-refractivity contribution in [1.82, 2.24) is 9.88 Å². The number of fused-ring (bicyclic) bond motifs is 2. The smallest absolute Gasteiger partial charge is 0.373 e. The number of ether oxygens (including phenoxy) is 1. The Bertz CT molecular complexity index is 1640. The van der Waals surface area contributed by atoms with Gasteiger partial charge in [-0.15, -0.1) is 0 Å². The van der Waals surface area contributed by atoms with E-state index in [1.807, 2.05) is 9.62 Å². The summed E-state index contributed by atoms with van der Waals surface area (Å²) >= 11 is 0. The van der Waals surface area contributed by atoms with Crippen molar-refractivity contribution in [3.05, 3.63) is 70.7 Å². The lowest BCUT2D eigenvalue weighted by atomic mass is 9.99. The molecule has 3 fully saturated rings. The number of hydrogen-bond donors (Lipinski definition) is 1. The predicted octanol–water partition coefficient (Wildman–Crippen LogP) is 6.03. The molecule has 0 unspecified atom stereocenters. The van der Waals surface area contributed by atoms with Gasteiger partial charge in [-0.05, 0) is 56.4 Å². The first-order chi connectivity index (χ1) is 20.4. The van der Waals surface area contributed by atoms with E-state index in [0.29, 0.717) is 36.4 Å². The van der Waals surface area contributed by atoms with Crippen LogP contribution in [0.15, 0.2) is 47.0 Å². The molecule has 1 saturated heterocycles. The summed E-state index contributed by atoms with van der Waals surface area (Å²) in [7, 11) is -3.79. The second-order valence-electron chi connectivity index (χ2n) is 11.5. The third kappa shape index (κ3) is 6.01. The van der Waals surface area contributed by atoms with E-state index >= 15 is 4.39 Å². The van der Waals surface area contributed by atoms with E-state index in [2.05, 4.69) is 5.16 Å². The fourth-order valence-corrected chi connectivity index (χ4v) is 7.31. The molecule has 3 aliphatic rings. The first-order valence-electron chi connectivity index (χ1n) is 14.3. The highest BCUT2D eigenvalue weighted by atomic mass is 32.2. The monoisotopic (exact) mass is 621 g/mol. The number of halogens is 4. The van der Waals surface area contributed by atoms with Gasteiger partial charge in [0.1, 0.15) is 17.3 Å². The van der Waals surface area contributed by atoms with Crippen LogP contribution in [-0.4, -0.2) is 43.9 Å². The minimum absolute atomic E-state index is 0.0232. The average Bonchev–Trinajstić information content (AvgIpc) is 3.39. The molecule has 230 valence electrons. The largest absolute Gasteiger partial charge is 0.417 e. The van der Waals surface area contributed by atoms with Gasteiger partial charge in [0, 0.05) is 41.1 Å². The summed E-state index contributed by atoms with van der Waals surface area (Å²) in [6.45, 7) is 2.24. The molecule has 2 bridgehead atoms. The Morgan fingerprint density at radius 2 is 1.93 bits per heavy atom. The Hall–Kier alpha value is -3.45. The summed E-state index contributed by atoms with van der Waals surface area (Å²) in [6, 6.07) is 9.21. The van der Waals surface area contributed by atoms with Crippen molar-refractivity contribution in [1.29, 1.82) is 0 Å². The lowest BCUT2D eigenvalue weighted by molar-refractivity contribution is -0.137. The Kier molecular flexibility index (Phi) is 7.74. The SMILES string of the molecule is CCCS(=O)(=O)NC(=O)c1ccc(N2C[C@@H]3C[C@H]2C[C@H]3OCc2c(-c3ccccc3C(F)(F)F)noc2C2CC2)c(F)c1. The van der Waals surface area contributed by atoms with Crippen LogP contribution in [0.2, 0.25) is 0 Å². The Morgan fingerprint density at radius 1 is 1.16 bits per heavy atom. The maximum atomic E-state index is 15.1. The molecular formula is C30H31F4N3O5S. The molecule has 2 heterocycles. The lowest BCUT2D eigenvalue weighted by Crippen LogP contribution is -2.39. The third-order valence-electron chi connectivity index (χ3n) is 8.41. The topological polar surface area (TPSA) is 102 Å². The zero-order valence-corrected chi connectivity index (χ0v) is 24.2. The predicted molar refractivity (Wildman–Crippen MR) is 149 cm³/mol. The second kappa shape index (κ2) is 11.2. The van der Waals surface area contributed by atoms with Gasteiger partial charge >= 0.3 is 6.18 Å². The molecule has 6 rings (SSSR count). The molecule has 3 aromatic rings. The number of piperidine rings is 1. The number of amides is 1. The average molecular weight is 622 g/mol. The van der Waals surface area contributed by atoms with Gasteiger partial charge in [-0.2, -0.15) is 13.2 Å². The number of hydrogen-bond acceptors (Lipinski definition) is 7. The van der Waals surface area contributed by atoms with Gasteiger partial charge in [0.05, 0.1) is 29.7 Å². The number of aromatic nitrogens is 1. The number of carbonyl (C=O) groups excluding carboxylic acids is 1. The van der Waals surface area contributed by atoms with E-state index in [4.69, 9.17) is 9.26 Å². The van der Waals surface area contributed by atoms with Gasteiger partial charge in [-0.25, -0.2) is 17.5 Å². The van der Waals surface area contributed by atoms with Gasteiger partial charge in [0.2, 0.25) is 10.0 Å². The maximum absolute atomic E-state index is 15.1. The molecule has 1 N–H and O–H groups in total. The van der Waals surface area contributed by atoms with E-state index in [-0.39, 0.29) is 53.2 Å². The molecule has 2 aromatic carbocycles. The second-order valence-corrected chi connectivity index (χ2v) is 13.3. The van der Waals surface area contributed by atoms with Crippen molar-refractivity contribution in [3.8, 4) is 11.3 Å². The Labute approximate surface area is 246 Å². The third-order valence-corrected chi connectivity index (χ3v) is 9.86. The molecule has 1 aromatic heterocycles. The maximum Gasteiger partial charge on any atom is 0.417 e. The van der Waals surface area contributed by atoms with Crippen molar-refractivity contribution in [2.24, 2.45) is 5.92 Å². The molecule has 13 heteroatoms. The highest BCUT2D eigenvalue weighted by Gasteiger charge is 2.46. The fourth-order valence-electron chi connectivity index (χ4n) is 6.27. The van der Waals surface area contributed by atoms with Gasteiger partial charge in [-0.1, -0.05) is 30.3 Å². The molecule has 0 radical (unpaired) electrons. The number of carbonyl (C=O) groups is 1. The number of sulfonamides is 1. The van der Waals surface area contributed by atoms with Gasteiger partial charge < -0.3 is 14.2 Å². The minimum atomic E-state index is -4.55. The van der Waals surface area contributed by atoms with Crippen LogP contribution in [0.5, 0.6) is 0 Å². The first-order valence-corrected chi connectivity index (χ1v) is 16.0. The highest BCUT2D eigenvalue weighted by Crippen LogP contribution is 2.47. The Morgan fingerprint density at radius 3 is 2.58 bits per heavy atom. The number of nitrogens with one attached hydrogen (secondary N) is 1. The van der Waals surface area contributed by atoms with Crippen LogP contribution in [0.25, 0.3) is 11.3 Å². The van der Waals surface area contributed by atoms with Crippen LogP contribution < -0.4 is 9.62 Å². The number of benzene rings is 2. The van der Waals surface area contributed by atoms with Gasteiger partial charge in [0.15, 0.2) is 0 Å². The molecular weight excluding hydrogens is 590 g/mol. The van der Waals surface area contributed by atoms with Crippen LogP contribution in [-0.2, 0) is 27.5 Å². The molecule has 2 aliphatic carbocycles. The summed E-state index contributed by atoms with van der Waals surface area (Å²) in [4.78, 5) is 14.3. The van der Waals surface area contributed by atoms with E-state index < -0.39 is 33.5 Å². The molecule has 8 nitrogen and oxygen atoms in total. The van der Waals surface area contributed by atoms with Crippen LogP contribution in [0.1, 0.15) is 72.2 Å². The Balaban J connectivity index is 1.14. The first kappa shape index (κ1) is 29.6. The van der Waals surface area contributed by atoms with E-state index in [1.165, 1.54) is 30.3 Å². The zero-order chi connectivity index (χ0) is 30.5. The van der Waals surface area contributed by atoms with Crippen molar-refractivity contribution < 1.29 is 40.0 Å². The number of rotatable bonds is 10. The molecule has 43 heavy (non-hydrogen) atoms. The van der Waals surface area contributed by atoms with Crippen LogP contribution in [0.4, 0.5) is 23.2 Å². The van der Waals surface area contributed by atoms with Gasteiger partial charge in [0.25, 0.3) is 5.91 Å². The molecule has 1 amide bonds. The quantitative estimate of drug-likeness (QED) is 0.276. The van der Waals surface area contributed by atoms with Crippen LogP contribution >= 0.6 is 0 Å². The van der Waals surface area contributed by atoms with Crippen LogP contribution in [0, 0.1) is 11.7 Å². The molecule has 2 saturated carbocycles. The minimum Gasteiger partial charge on any atom is -0.373 e. The van der Waals surface area contributed by atoms with Crippen molar-refractivity contribution in [2.75, 3.05) is 17.2 Å². The number of nitrogens with zero attached hydrogens (tertiary/aromatic N) is 2.